The highest BCUT2D eigenvalue weighted by molar-refractivity contribution is 7.86. The Morgan fingerprint density at radius 3 is 2.00 bits per heavy atom. The number of rotatable bonds is 1. The number of hydrogen-bond acceptors (Lipinski definition) is 5. The summed E-state index contributed by atoms with van der Waals surface area (Å²) in [6.07, 6.45) is 0. The van der Waals surface area contributed by atoms with Gasteiger partial charge >= 0.3 is 0 Å². The van der Waals surface area contributed by atoms with E-state index in [1.807, 2.05) is 53.2 Å². The zero-order valence-corrected chi connectivity index (χ0v) is 14.6. The number of fused-ring (bicyclic) bond motifs is 4. The van der Waals surface area contributed by atoms with Crippen LogP contribution in [-0.4, -0.2) is 13.2 Å². The SMILES string of the molecule is O=P1(c2ccccc2)c2ccsc2C2(OCCO2)c2sccc21. The Hall–Kier alpha value is -1.23. The lowest BCUT2D eigenvalue weighted by molar-refractivity contribution is -0.123. The second kappa shape index (κ2) is 4.88. The van der Waals surface area contributed by atoms with Gasteiger partial charge in [0.05, 0.1) is 23.0 Å². The van der Waals surface area contributed by atoms with Crippen molar-refractivity contribution in [1.29, 1.82) is 0 Å². The van der Waals surface area contributed by atoms with Gasteiger partial charge in [0.2, 0.25) is 5.79 Å². The molecule has 0 saturated carbocycles. The van der Waals surface area contributed by atoms with Gasteiger partial charge < -0.3 is 14.0 Å². The van der Waals surface area contributed by atoms with Gasteiger partial charge in [0.25, 0.3) is 0 Å². The Bertz CT molecular complexity index is 874. The van der Waals surface area contributed by atoms with Crippen molar-refractivity contribution in [3.63, 3.8) is 0 Å². The van der Waals surface area contributed by atoms with Gasteiger partial charge in [-0.2, -0.15) is 0 Å². The fourth-order valence-corrected chi connectivity index (χ4v) is 9.42. The Balaban J connectivity index is 1.87. The smallest absolute Gasteiger partial charge is 0.243 e. The molecule has 0 aliphatic carbocycles. The van der Waals surface area contributed by atoms with E-state index < -0.39 is 12.9 Å². The van der Waals surface area contributed by atoms with Gasteiger partial charge in [-0.05, 0) is 22.9 Å². The van der Waals surface area contributed by atoms with E-state index in [4.69, 9.17) is 9.47 Å². The van der Waals surface area contributed by atoms with E-state index >= 15 is 0 Å². The van der Waals surface area contributed by atoms with Gasteiger partial charge in [-0.3, -0.25) is 0 Å². The fraction of sp³-hybridized carbons (Fsp3) is 0.176. The van der Waals surface area contributed by atoms with Crippen molar-refractivity contribution >= 4 is 45.7 Å². The second-order valence-electron chi connectivity index (χ2n) is 5.53. The topological polar surface area (TPSA) is 35.5 Å². The van der Waals surface area contributed by atoms with Gasteiger partial charge in [-0.15, -0.1) is 22.7 Å². The third-order valence-corrected chi connectivity index (χ3v) is 9.80. The van der Waals surface area contributed by atoms with Crippen molar-refractivity contribution in [1.82, 2.24) is 0 Å². The van der Waals surface area contributed by atoms with Crippen molar-refractivity contribution in [3.05, 3.63) is 63.0 Å². The molecule has 116 valence electrons. The van der Waals surface area contributed by atoms with Crippen LogP contribution in [0.4, 0.5) is 0 Å². The second-order valence-corrected chi connectivity index (χ2v) is 10.1. The van der Waals surface area contributed by atoms with Crippen LogP contribution in [0.3, 0.4) is 0 Å². The lowest BCUT2D eigenvalue weighted by Crippen LogP contribution is -2.43. The molecule has 6 heteroatoms. The molecule has 4 heterocycles. The summed E-state index contributed by atoms with van der Waals surface area (Å²) in [5.41, 5.74) is 0. The van der Waals surface area contributed by atoms with Gasteiger partial charge in [-0.25, -0.2) is 0 Å². The quantitative estimate of drug-likeness (QED) is 0.626. The maximum Gasteiger partial charge on any atom is 0.243 e. The van der Waals surface area contributed by atoms with E-state index in [1.165, 1.54) is 0 Å². The first-order chi connectivity index (χ1) is 11.3. The number of thiophene rings is 2. The summed E-state index contributed by atoms with van der Waals surface area (Å²) in [7, 11) is -2.87. The Morgan fingerprint density at radius 2 is 1.43 bits per heavy atom. The lowest BCUT2D eigenvalue weighted by atomic mass is 10.1. The molecule has 2 aromatic heterocycles. The van der Waals surface area contributed by atoms with E-state index in [-0.39, 0.29) is 0 Å². The summed E-state index contributed by atoms with van der Waals surface area (Å²) in [4.78, 5) is 1.88. The maximum absolute atomic E-state index is 14.2. The number of ether oxygens (including phenoxy) is 2. The summed E-state index contributed by atoms with van der Waals surface area (Å²) in [5.74, 6) is -0.851. The fourth-order valence-electron chi connectivity index (χ4n) is 3.42. The molecule has 0 N–H and O–H groups in total. The molecule has 1 saturated heterocycles. The highest BCUT2D eigenvalue weighted by atomic mass is 32.1. The van der Waals surface area contributed by atoms with E-state index in [0.717, 1.165) is 25.7 Å². The monoisotopic (exact) mass is 360 g/mol. The van der Waals surface area contributed by atoms with Crippen LogP contribution in [0.1, 0.15) is 9.75 Å². The molecule has 1 aromatic carbocycles. The van der Waals surface area contributed by atoms with E-state index in [2.05, 4.69) is 0 Å². The average molecular weight is 360 g/mol. The molecule has 1 spiro atoms. The Kier molecular flexibility index (Phi) is 3.00. The first-order valence-electron chi connectivity index (χ1n) is 7.37. The van der Waals surface area contributed by atoms with Gasteiger partial charge in [0, 0.05) is 15.9 Å². The summed E-state index contributed by atoms with van der Waals surface area (Å²) in [6, 6.07) is 13.7. The molecule has 0 bridgehead atoms. The molecular weight excluding hydrogens is 347 g/mol. The third kappa shape index (κ3) is 1.69. The molecule has 3 aromatic rings. The standard InChI is InChI=1S/C17H13O3PS2/c18-21(12-4-2-1-3-5-12)13-6-10-22-15(13)17(19-8-9-20-17)16-14(21)7-11-23-16/h1-7,10-11H,8-9H2. The van der Waals surface area contributed by atoms with Gasteiger partial charge in [-0.1, -0.05) is 30.3 Å². The van der Waals surface area contributed by atoms with Gasteiger partial charge in [0.15, 0.2) is 7.14 Å². The number of hydrogen-bond donors (Lipinski definition) is 0. The van der Waals surface area contributed by atoms with Crippen molar-refractivity contribution in [2.24, 2.45) is 0 Å². The van der Waals surface area contributed by atoms with Crippen LogP contribution in [0.25, 0.3) is 0 Å². The van der Waals surface area contributed by atoms with Crippen molar-refractivity contribution in [3.8, 4) is 0 Å². The lowest BCUT2D eigenvalue weighted by Gasteiger charge is -2.35. The normalized spacial score (nSPS) is 20.3. The van der Waals surface area contributed by atoms with Crippen LogP contribution in [0, 0.1) is 0 Å². The zero-order chi connectivity index (χ0) is 15.5. The summed E-state index contributed by atoms with van der Waals surface area (Å²) in [5, 5.41) is 6.57. The van der Waals surface area contributed by atoms with Crippen LogP contribution in [0.15, 0.2) is 53.2 Å². The summed E-state index contributed by atoms with van der Waals surface area (Å²) < 4.78 is 26.4. The van der Waals surface area contributed by atoms with E-state index in [9.17, 15) is 4.57 Å². The predicted molar refractivity (Wildman–Crippen MR) is 94.3 cm³/mol. The predicted octanol–water partition coefficient (Wildman–Crippen LogP) is 3.01. The van der Waals surface area contributed by atoms with Crippen LogP contribution in [0.5, 0.6) is 0 Å². The highest BCUT2D eigenvalue weighted by Crippen LogP contribution is 2.56. The van der Waals surface area contributed by atoms with Gasteiger partial charge in [0.1, 0.15) is 0 Å². The van der Waals surface area contributed by atoms with Crippen LogP contribution >= 0.6 is 29.8 Å². The average Bonchev–Trinajstić information content (AvgIpc) is 3.32. The first-order valence-corrected chi connectivity index (χ1v) is 10.8. The molecule has 3 nitrogen and oxygen atoms in total. The molecule has 0 unspecified atom stereocenters. The molecular formula is C17H13O3PS2. The highest BCUT2D eigenvalue weighted by Gasteiger charge is 2.55. The molecule has 0 amide bonds. The Labute approximate surface area is 141 Å². The molecule has 2 aliphatic rings. The minimum atomic E-state index is -2.87. The molecule has 0 radical (unpaired) electrons. The van der Waals surface area contributed by atoms with E-state index in [0.29, 0.717) is 13.2 Å². The van der Waals surface area contributed by atoms with Crippen LogP contribution < -0.4 is 15.9 Å². The van der Waals surface area contributed by atoms with E-state index in [1.54, 1.807) is 22.7 Å². The van der Waals surface area contributed by atoms with Crippen molar-refractivity contribution in [2.75, 3.05) is 13.2 Å². The van der Waals surface area contributed by atoms with Crippen molar-refractivity contribution < 1.29 is 14.0 Å². The van der Waals surface area contributed by atoms with Crippen LogP contribution in [0.2, 0.25) is 0 Å². The minimum absolute atomic E-state index is 0.560. The molecule has 2 aliphatic heterocycles. The summed E-state index contributed by atoms with van der Waals surface area (Å²) in [6.45, 7) is 1.12. The third-order valence-electron chi connectivity index (χ3n) is 4.38. The molecule has 5 rings (SSSR count). The molecule has 23 heavy (non-hydrogen) atoms. The van der Waals surface area contributed by atoms with Crippen molar-refractivity contribution in [2.45, 2.75) is 5.79 Å². The van der Waals surface area contributed by atoms with Crippen LogP contribution in [-0.2, 0) is 19.8 Å². The number of benzene rings is 1. The minimum Gasteiger partial charge on any atom is -0.338 e. The summed E-state index contributed by atoms with van der Waals surface area (Å²) >= 11 is 3.14. The largest absolute Gasteiger partial charge is 0.338 e. The first kappa shape index (κ1) is 14.1. The molecule has 0 atom stereocenters. The molecule has 1 fully saturated rings. The Morgan fingerprint density at radius 1 is 0.870 bits per heavy atom. The zero-order valence-electron chi connectivity index (χ0n) is 12.1. The maximum atomic E-state index is 14.2.